The Morgan fingerprint density at radius 3 is 2.47 bits per heavy atom. The molecule has 0 aliphatic carbocycles. The van der Waals surface area contributed by atoms with Gasteiger partial charge >= 0.3 is 6.36 Å². The van der Waals surface area contributed by atoms with Gasteiger partial charge < -0.3 is 14.5 Å². The van der Waals surface area contributed by atoms with Crippen molar-refractivity contribution in [2.24, 2.45) is 5.92 Å². The number of hydrogen-bond donors (Lipinski definition) is 0. The molecule has 0 spiro atoms. The van der Waals surface area contributed by atoms with E-state index in [4.69, 9.17) is 10.2 Å². The van der Waals surface area contributed by atoms with Crippen LogP contribution in [0.2, 0.25) is 0 Å². The van der Waals surface area contributed by atoms with Gasteiger partial charge in [-0.25, -0.2) is 9.97 Å². The number of aryl methyl sites for hydroxylation is 1. The Morgan fingerprint density at radius 1 is 1.03 bits per heavy atom. The van der Waals surface area contributed by atoms with Gasteiger partial charge in [0.15, 0.2) is 5.82 Å². The van der Waals surface area contributed by atoms with Crippen LogP contribution in [0.25, 0.3) is 10.9 Å². The second kappa shape index (κ2) is 8.63. The molecule has 2 fully saturated rings. The van der Waals surface area contributed by atoms with E-state index >= 15 is 0 Å². The monoisotopic (exact) mass is 468 g/mol. The van der Waals surface area contributed by atoms with Gasteiger partial charge in [0.2, 0.25) is 0 Å². The maximum absolute atomic E-state index is 12.5. The van der Waals surface area contributed by atoms with Crippen molar-refractivity contribution in [1.82, 2.24) is 15.0 Å². The lowest BCUT2D eigenvalue weighted by Gasteiger charge is -2.42. The summed E-state index contributed by atoms with van der Waals surface area (Å²) >= 11 is 0. The van der Waals surface area contributed by atoms with Crippen LogP contribution in [-0.4, -0.2) is 47.5 Å². The molecule has 10 heteroatoms. The van der Waals surface area contributed by atoms with Crippen LogP contribution in [0.1, 0.15) is 30.0 Å². The molecule has 0 amide bonds. The first kappa shape index (κ1) is 22.2. The van der Waals surface area contributed by atoms with Crippen molar-refractivity contribution in [2.75, 3.05) is 36.0 Å². The molecule has 0 atom stereocenters. The molecule has 5 rings (SSSR count). The molecule has 2 aliphatic heterocycles. The highest BCUT2D eigenvalue weighted by molar-refractivity contribution is 5.83. The highest BCUT2D eigenvalue weighted by atomic mass is 19.4. The molecular weight excluding hydrogens is 445 g/mol. The second-order valence-corrected chi connectivity index (χ2v) is 8.79. The fourth-order valence-corrected chi connectivity index (χ4v) is 4.69. The quantitative estimate of drug-likeness (QED) is 0.555. The molecule has 4 heterocycles. The molecule has 0 radical (unpaired) electrons. The standard InChI is InChI=1S/C24H23F3N6O/c1-15-10-17-11-19(34-24(25,26)27)2-3-20(17)31-22(15)33-13-18(14-33)21-23(30-7-6-29-21)32-8-4-16(12-28)5-9-32/h2-3,6-7,10-11,16,18H,4-5,8-9,13-14H2,1H3. The maximum atomic E-state index is 12.5. The van der Waals surface area contributed by atoms with Crippen LogP contribution in [0.5, 0.6) is 5.75 Å². The van der Waals surface area contributed by atoms with E-state index < -0.39 is 6.36 Å². The predicted octanol–water partition coefficient (Wildman–Crippen LogP) is 4.58. The fourth-order valence-electron chi connectivity index (χ4n) is 4.69. The third-order valence-corrected chi connectivity index (χ3v) is 6.43. The Balaban J connectivity index is 1.32. The molecule has 1 aromatic carbocycles. The third-order valence-electron chi connectivity index (χ3n) is 6.43. The van der Waals surface area contributed by atoms with Crippen LogP contribution in [-0.2, 0) is 0 Å². The van der Waals surface area contributed by atoms with Gasteiger partial charge in [-0.1, -0.05) is 0 Å². The van der Waals surface area contributed by atoms with E-state index in [2.05, 4.69) is 30.6 Å². The Hall–Kier alpha value is -3.61. The minimum Gasteiger partial charge on any atom is -0.406 e. The second-order valence-electron chi connectivity index (χ2n) is 8.79. The maximum Gasteiger partial charge on any atom is 0.573 e. The molecule has 2 saturated heterocycles. The average Bonchev–Trinajstić information content (AvgIpc) is 2.78. The summed E-state index contributed by atoms with van der Waals surface area (Å²) < 4.78 is 41.6. The first-order valence-electron chi connectivity index (χ1n) is 11.2. The van der Waals surface area contributed by atoms with Crippen LogP contribution < -0.4 is 14.5 Å². The van der Waals surface area contributed by atoms with Crippen molar-refractivity contribution >= 4 is 22.5 Å². The number of piperidine rings is 1. The molecule has 0 unspecified atom stereocenters. The number of pyridine rings is 1. The van der Waals surface area contributed by atoms with Crippen LogP contribution in [0, 0.1) is 24.2 Å². The van der Waals surface area contributed by atoms with Gasteiger partial charge in [-0.3, -0.25) is 4.98 Å². The van der Waals surface area contributed by atoms with E-state index in [0.29, 0.717) is 10.9 Å². The summed E-state index contributed by atoms with van der Waals surface area (Å²) in [6.45, 7) is 4.96. The minimum atomic E-state index is -4.73. The van der Waals surface area contributed by atoms with Crippen molar-refractivity contribution < 1.29 is 17.9 Å². The number of halogens is 3. The highest BCUT2D eigenvalue weighted by Crippen LogP contribution is 2.37. The summed E-state index contributed by atoms with van der Waals surface area (Å²) in [4.78, 5) is 18.3. The van der Waals surface area contributed by atoms with Gasteiger partial charge in [0.05, 0.1) is 17.3 Å². The van der Waals surface area contributed by atoms with Gasteiger partial charge in [0, 0.05) is 55.8 Å². The Morgan fingerprint density at radius 2 is 1.76 bits per heavy atom. The van der Waals surface area contributed by atoms with Gasteiger partial charge in [-0.2, -0.15) is 5.26 Å². The molecule has 7 nitrogen and oxygen atoms in total. The number of aromatic nitrogens is 3. The summed E-state index contributed by atoms with van der Waals surface area (Å²) in [6, 6.07) is 8.37. The summed E-state index contributed by atoms with van der Waals surface area (Å²) in [5.41, 5.74) is 2.45. The lowest BCUT2D eigenvalue weighted by Crippen LogP contribution is -2.47. The van der Waals surface area contributed by atoms with Gasteiger partial charge in [0.1, 0.15) is 11.6 Å². The zero-order valence-electron chi connectivity index (χ0n) is 18.6. The average molecular weight is 468 g/mol. The number of alkyl halides is 3. The van der Waals surface area contributed by atoms with Crippen molar-refractivity contribution in [3.63, 3.8) is 0 Å². The number of nitriles is 1. The number of rotatable bonds is 4. The number of nitrogens with zero attached hydrogens (tertiary/aromatic N) is 6. The topological polar surface area (TPSA) is 78.2 Å². The lowest BCUT2D eigenvalue weighted by atomic mass is 9.93. The Labute approximate surface area is 194 Å². The SMILES string of the molecule is Cc1cc2cc(OC(F)(F)F)ccc2nc1N1CC(c2nccnc2N2CCC(C#N)CC2)C1. The summed E-state index contributed by atoms with van der Waals surface area (Å²) in [5.74, 6) is 1.76. The van der Waals surface area contributed by atoms with E-state index in [9.17, 15) is 13.2 Å². The molecule has 0 N–H and O–H groups in total. The minimum absolute atomic E-state index is 0.105. The van der Waals surface area contributed by atoms with Gasteiger partial charge in [-0.05, 0) is 49.6 Å². The molecule has 176 valence electrons. The normalized spacial score (nSPS) is 17.5. The first-order chi connectivity index (χ1) is 16.3. The number of hydrogen-bond acceptors (Lipinski definition) is 7. The smallest absolute Gasteiger partial charge is 0.406 e. The van der Waals surface area contributed by atoms with Crippen LogP contribution in [0.3, 0.4) is 0 Å². The number of ether oxygens (including phenoxy) is 1. The molecule has 2 aliphatic rings. The molecule has 3 aromatic rings. The Bertz CT molecular complexity index is 1240. The predicted molar refractivity (Wildman–Crippen MR) is 121 cm³/mol. The van der Waals surface area contributed by atoms with Crippen LogP contribution >= 0.6 is 0 Å². The molecule has 34 heavy (non-hydrogen) atoms. The van der Waals surface area contributed by atoms with E-state index in [1.54, 1.807) is 18.5 Å². The van der Waals surface area contributed by atoms with Crippen molar-refractivity contribution in [3.8, 4) is 11.8 Å². The fraction of sp³-hybridized carbons (Fsp3) is 0.417. The van der Waals surface area contributed by atoms with Crippen molar-refractivity contribution in [3.05, 3.63) is 47.9 Å². The van der Waals surface area contributed by atoms with Crippen LogP contribution in [0.15, 0.2) is 36.7 Å². The highest BCUT2D eigenvalue weighted by Gasteiger charge is 2.35. The van der Waals surface area contributed by atoms with Crippen LogP contribution in [0.4, 0.5) is 24.8 Å². The van der Waals surface area contributed by atoms with E-state index in [0.717, 1.165) is 61.9 Å². The zero-order valence-corrected chi connectivity index (χ0v) is 18.6. The first-order valence-corrected chi connectivity index (χ1v) is 11.2. The van der Waals surface area contributed by atoms with E-state index in [1.807, 2.05) is 13.0 Å². The van der Waals surface area contributed by atoms with Crippen molar-refractivity contribution in [2.45, 2.75) is 32.0 Å². The molecule has 2 aromatic heterocycles. The van der Waals surface area contributed by atoms with Gasteiger partial charge in [-0.15, -0.1) is 13.2 Å². The summed E-state index contributed by atoms with van der Waals surface area (Å²) in [6.07, 6.45) is 0.354. The lowest BCUT2D eigenvalue weighted by molar-refractivity contribution is -0.274. The van der Waals surface area contributed by atoms with Crippen molar-refractivity contribution in [1.29, 1.82) is 5.26 Å². The zero-order chi connectivity index (χ0) is 23.9. The van der Waals surface area contributed by atoms with E-state index in [1.165, 1.54) is 12.1 Å². The number of benzene rings is 1. The van der Waals surface area contributed by atoms with E-state index in [-0.39, 0.29) is 17.6 Å². The number of fused-ring (bicyclic) bond motifs is 1. The molecule has 0 saturated carbocycles. The Kier molecular flexibility index (Phi) is 5.63. The third kappa shape index (κ3) is 4.42. The largest absolute Gasteiger partial charge is 0.573 e. The summed E-state index contributed by atoms with van der Waals surface area (Å²) in [7, 11) is 0. The molecule has 0 bridgehead atoms. The number of anilines is 2. The molecular formula is C24H23F3N6O. The van der Waals surface area contributed by atoms with Gasteiger partial charge in [0.25, 0.3) is 0 Å². The summed E-state index contributed by atoms with van der Waals surface area (Å²) in [5, 5.41) is 9.76.